The van der Waals surface area contributed by atoms with E-state index < -0.39 is 8.07 Å². The highest BCUT2D eigenvalue weighted by atomic mass is 28.3. The lowest BCUT2D eigenvalue weighted by Crippen LogP contribution is -2.22. The number of aromatic nitrogens is 5. The van der Waals surface area contributed by atoms with Crippen LogP contribution in [0.2, 0.25) is 25.7 Å². The first-order valence-corrected chi connectivity index (χ1v) is 13.8. The van der Waals surface area contributed by atoms with Crippen LogP contribution in [0.25, 0.3) is 22.4 Å². The summed E-state index contributed by atoms with van der Waals surface area (Å²) >= 11 is 0. The molecule has 0 aliphatic heterocycles. The lowest BCUT2D eigenvalue weighted by atomic mass is 10.1. The van der Waals surface area contributed by atoms with E-state index in [4.69, 9.17) is 9.72 Å². The Hall–Kier alpha value is -2.07. The van der Waals surface area contributed by atoms with Gasteiger partial charge >= 0.3 is 0 Å². The van der Waals surface area contributed by atoms with Crippen molar-refractivity contribution < 1.29 is 14.9 Å². The summed E-state index contributed by atoms with van der Waals surface area (Å²) in [7, 11) is -1.11. The molecule has 0 saturated carbocycles. The minimum absolute atomic E-state index is 0.0491. The van der Waals surface area contributed by atoms with Gasteiger partial charge in [-0.3, -0.25) is 4.68 Å². The van der Waals surface area contributed by atoms with Gasteiger partial charge in [-0.15, -0.1) is 0 Å². The number of rotatable bonds is 11. The summed E-state index contributed by atoms with van der Waals surface area (Å²) in [6, 6.07) is 3.07. The van der Waals surface area contributed by atoms with Gasteiger partial charge in [-0.2, -0.15) is 5.10 Å². The maximum Gasteiger partial charge on any atom is 0.164 e. The van der Waals surface area contributed by atoms with E-state index in [1.165, 1.54) is 0 Å². The van der Waals surface area contributed by atoms with Crippen molar-refractivity contribution in [2.75, 3.05) is 19.8 Å². The third kappa shape index (κ3) is 5.72. The fraction of sp³-hybridized carbons (Fsp3) is 0.550. The Kier molecular flexibility index (Phi) is 7.17. The van der Waals surface area contributed by atoms with Crippen molar-refractivity contribution in [3.05, 3.63) is 30.9 Å². The van der Waals surface area contributed by atoms with Crippen LogP contribution in [-0.2, 0) is 11.5 Å². The highest BCUT2D eigenvalue weighted by Gasteiger charge is 2.15. The lowest BCUT2D eigenvalue weighted by molar-refractivity contribution is 0.0899. The number of fused-ring (bicyclic) bond motifs is 1. The molecule has 0 aliphatic rings. The van der Waals surface area contributed by atoms with Crippen LogP contribution < -0.4 is 0 Å². The van der Waals surface area contributed by atoms with Crippen LogP contribution >= 0.6 is 0 Å². The van der Waals surface area contributed by atoms with Crippen molar-refractivity contribution in [1.82, 2.24) is 24.3 Å². The molecule has 0 bridgehead atoms. The van der Waals surface area contributed by atoms with Crippen molar-refractivity contribution in [2.45, 2.75) is 51.3 Å². The summed E-state index contributed by atoms with van der Waals surface area (Å²) in [5.41, 5.74) is 1.64. The zero-order chi connectivity index (χ0) is 20.9. The normalized spacial score (nSPS) is 12.3. The first-order valence-electron chi connectivity index (χ1n) is 10.1. The van der Waals surface area contributed by atoms with Crippen molar-refractivity contribution in [1.29, 1.82) is 0 Å². The predicted molar refractivity (Wildman–Crippen MR) is 115 cm³/mol. The molecule has 0 aliphatic carbocycles. The fourth-order valence-corrected chi connectivity index (χ4v) is 3.87. The quantitative estimate of drug-likeness (QED) is 0.368. The second-order valence-corrected chi connectivity index (χ2v) is 14.1. The first kappa shape index (κ1) is 21.6. The average Bonchev–Trinajstić information content (AvgIpc) is 3.31. The van der Waals surface area contributed by atoms with E-state index in [0.29, 0.717) is 25.4 Å². The second kappa shape index (κ2) is 9.62. The molecule has 158 valence electrons. The molecule has 3 aromatic heterocycles. The number of aliphatic hydroxyl groups excluding tert-OH is 2. The standard InChI is InChI=1S/C20H31N5O3Si/c1-29(2,3)11-10-28-15-24-7-4-16-12-21-19(23-20(16)24)17-13-22-25(14-17)18(5-8-26)6-9-27/h4,7,12-14,18,26-27H,5-6,8-11,15H2,1-3H3. The monoisotopic (exact) mass is 417 g/mol. The Labute approximate surface area is 172 Å². The van der Waals surface area contributed by atoms with E-state index in [-0.39, 0.29) is 19.3 Å². The summed E-state index contributed by atoms with van der Waals surface area (Å²) in [5, 5.41) is 23.9. The van der Waals surface area contributed by atoms with Crippen LogP contribution in [0, 0.1) is 0 Å². The van der Waals surface area contributed by atoms with Crippen molar-refractivity contribution in [2.24, 2.45) is 0 Å². The summed E-state index contributed by atoms with van der Waals surface area (Å²) in [6.45, 7) is 8.35. The number of ether oxygens (including phenoxy) is 1. The SMILES string of the molecule is C[Si](C)(C)CCOCn1ccc2cnc(-c3cnn(C(CCO)CCO)c3)nc21. The molecule has 3 rings (SSSR count). The Bertz CT molecular complexity index is 912. The molecule has 0 fully saturated rings. The van der Waals surface area contributed by atoms with Crippen LogP contribution in [0.4, 0.5) is 0 Å². The van der Waals surface area contributed by atoms with Crippen molar-refractivity contribution >= 4 is 19.1 Å². The first-order chi connectivity index (χ1) is 13.9. The van der Waals surface area contributed by atoms with Crippen LogP contribution in [-0.4, -0.2) is 62.4 Å². The molecule has 0 atom stereocenters. The Balaban J connectivity index is 1.75. The Morgan fingerprint density at radius 1 is 1.14 bits per heavy atom. The molecule has 8 nitrogen and oxygen atoms in total. The molecule has 0 saturated heterocycles. The highest BCUT2D eigenvalue weighted by molar-refractivity contribution is 6.76. The third-order valence-corrected chi connectivity index (χ3v) is 6.59. The molecule has 29 heavy (non-hydrogen) atoms. The van der Waals surface area contributed by atoms with Crippen molar-refractivity contribution in [3.8, 4) is 11.4 Å². The largest absolute Gasteiger partial charge is 0.396 e. The van der Waals surface area contributed by atoms with E-state index in [2.05, 4.69) is 29.7 Å². The van der Waals surface area contributed by atoms with Gasteiger partial charge in [0.05, 0.1) is 17.8 Å². The van der Waals surface area contributed by atoms with Crippen LogP contribution in [0.5, 0.6) is 0 Å². The van der Waals surface area contributed by atoms with Crippen LogP contribution in [0.15, 0.2) is 30.9 Å². The molecule has 2 N–H and O–H groups in total. The fourth-order valence-electron chi connectivity index (χ4n) is 3.12. The second-order valence-electron chi connectivity index (χ2n) is 8.49. The van der Waals surface area contributed by atoms with E-state index in [9.17, 15) is 10.2 Å². The summed E-state index contributed by atoms with van der Waals surface area (Å²) < 4.78 is 9.64. The summed E-state index contributed by atoms with van der Waals surface area (Å²) in [4.78, 5) is 9.20. The number of hydrogen-bond acceptors (Lipinski definition) is 6. The third-order valence-electron chi connectivity index (χ3n) is 4.89. The molecule has 0 radical (unpaired) electrons. The van der Waals surface area contributed by atoms with Gasteiger partial charge in [0.15, 0.2) is 5.82 Å². The zero-order valence-electron chi connectivity index (χ0n) is 17.5. The number of aliphatic hydroxyl groups is 2. The van der Waals surface area contributed by atoms with E-state index in [1.54, 1.807) is 10.9 Å². The maximum atomic E-state index is 9.25. The zero-order valence-corrected chi connectivity index (χ0v) is 18.5. The molecule has 0 amide bonds. The van der Waals surface area contributed by atoms with Crippen LogP contribution in [0.1, 0.15) is 18.9 Å². The minimum atomic E-state index is -1.11. The Morgan fingerprint density at radius 2 is 1.90 bits per heavy atom. The average molecular weight is 418 g/mol. The van der Waals surface area contributed by atoms with Gasteiger partial charge < -0.3 is 19.5 Å². The molecule has 9 heteroatoms. The Morgan fingerprint density at radius 3 is 2.59 bits per heavy atom. The topological polar surface area (TPSA) is 98.2 Å². The number of hydrogen-bond donors (Lipinski definition) is 2. The molecule has 3 heterocycles. The van der Waals surface area contributed by atoms with Gasteiger partial charge in [-0.1, -0.05) is 19.6 Å². The van der Waals surface area contributed by atoms with Crippen molar-refractivity contribution in [3.63, 3.8) is 0 Å². The minimum Gasteiger partial charge on any atom is -0.396 e. The van der Waals surface area contributed by atoms with Crippen LogP contribution in [0.3, 0.4) is 0 Å². The molecular formula is C20H31N5O3Si. The lowest BCUT2D eigenvalue weighted by Gasteiger charge is -2.15. The number of nitrogens with zero attached hydrogens (tertiary/aromatic N) is 5. The van der Waals surface area contributed by atoms with Gasteiger partial charge in [-0.25, -0.2) is 9.97 Å². The van der Waals surface area contributed by atoms with Gasteiger partial charge in [0.1, 0.15) is 12.4 Å². The van der Waals surface area contributed by atoms with Gasteiger partial charge in [0, 0.05) is 51.9 Å². The summed E-state index contributed by atoms with van der Waals surface area (Å²) in [5.74, 6) is 0.595. The predicted octanol–water partition coefficient (Wildman–Crippen LogP) is 2.91. The smallest absolute Gasteiger partial charge is 0.164 e. The van der Waals surface area contributed by atoms with Gasteiger partial charge in [0.2, 0.25) is 0 Å². The van der Waals surface area contributed by atoms with E-state index in [1.807, 2.05) is 29.2 Å². The molecule has 0 aromatic carbocycles. The molecule has 0 spiro atoms. The molecule has 0 unspecified atom stereocenters. The van der Waals surface area contributed by atoms with E-state index in [0.717, 1.165) is 29.2 Å². The molecular weight excluding hydrogens is 386 g/mol. The highest BCUT2D eigenvalue weighted by Crippen LogP contribution is 2.22. The molecule has 3 aromatic rings. The van der Waals surface area contributed by atoms with E-state index >= 15 is 0 Å². The van der Waals surface area contributed by atoms with Gasteiger partial charge in [-0.05, 0) is 25.0 Å². The van der Waals surface area contributed by atoms with Gasteiger partial charge in [0.25, 0.3) is 0 Å². The summed E-state index contributed by atoms with van der Waals surface area (Å²) in [6.07, 6.45) is 8.46. The maximum absolute atomic E-state index is 9.25.